The molecular weight excluding hydrogens is 924 g/mol. The average Bonchev–Trinajstić information content (AvgIpc) is 3.35. The van der Waals surface area contributed by atoms with Gasteiger partial charge < -0.3 is 28.8 Å². The monoisotopic (exact) mass is 1050 g/mol. The molecule has 3 unspecified atom stereocenters. The molecule has 0 aromatic rings. The van der Waals surface area contributed by atoms with Crippen molar-refractivity contribution in [3.05, 3.63) is 36.5 Å². The van der Waals surface area contributed by atoms with Crippen LogP contribution >= 0.6 is 7.82 Å². The SMILES string of the molecule is CCCCCCCCCCCCCCCCCCCCCC/C=C/CC/C=C/CC/C=C/C(O)C(COP(=O)([O-])OCC[N+](C)(C)C)NC(=O)CCCCCCCCCCCCCCCCCCCCCCC. The van der Waals surface area contributed by atoms with Gasteiger partial charge in [0.25, 0.3) is 7.82 Å². The lowest BCUT2D eigenvalue weighted by atomic mass is 10.0. The minimum atomic E-state index is -4.61. The molecule has 0 fully saturated rings. The molecule has 0 saturated heterocycles. The molecule has 432 valence electrons. The summed E-state index contributed by atoms with van der Waals surface area (Å²) in [4.78, 5) is 25.5. The molecule has 0 aliphatic heterocycles. The highest BCUT2D eigenvalue weighted by Gasteiger charge is 2.23. The van der Waals surface area contributed by atoms with Crippen LogP contribution in [0, 0.1) is 0 Å². The number of hydrogen-bond acceptors (Lipinski definition) is 6. The topological polar surface area (TPSA) is 108 Å². The fourth-order valence-electron chi connectivity index (χ4n) is 9.60. The van der Waals surface area contributed by atoms with Crippen molar-refractivity contribution in [2.45, 2.75) is 328 Å². The predicted molar refractivity (Wildman–Crippen MR) is 316 cm³/mol. The second-order valence-corrected chi connectivity index (χ2v) is 24.5. The third-order valence-corrected chi connectivity index (χ3v) is 15.5. The van der Waals surface area contributed by atoms with Crippen LogP contribution in [-0.4, -0.2) is 68.5 Å². The van der Waals surface area contributed by atoms with Crippen LogP contribution in [0.4, 0.5) is 0 Å². The maximum Gasteiger partial charge on any atom is 0.268 e. The van der Waals surface area contributed by atoms with Crippen molar-refractivity contribution in [1.29, 1.82) is 0 Å². The summed E-state index contributed by atoms with van der Waals surface area (Å²) in [6.07, 6.45) is 72.5. The van der Waals surface area contributed by atoms with Crippen molar-refractivity contribution >= 4 is 13.7 Å². The van der Waals surface area contributed by atoms with Crippen LogP contribution in [0.15, 0.2) is 36.5 Å². The predicted octanol–water partition coefficient (Wildman–Crippen LogP) is 19.1. The van der Waals surface area contributed by atoms with E-state index in [1.165, 1.54) is 250 Å². The zero-order valence-corrected chi connectivity index (χ0v) is 50.3. The first-order chi connectivity index (χ1) is 35.5. The fraction of sp³-hybridized carbons (Fsp3) is 0.891. The zero-order chi connectivity index (χ0) is 53.5. The van der Waals surface area contributed by atoms with Gasteiger partial charge in [-0.3, -0.25) is 9.36 Å². The Morgan fingerprint density at radius 2 is 0.767 bits per heavy atom. The number of carbonyl (C=O) groups excluding carboxylic acids is 1. The van der Waals surface area contributed by atoms with Crippen LogP contribution in [0.1, 0.15) is 316 Å². The molecule has 2 N–H and O–H groups in total. The van der Waals surface area contributed by atoms with E-state index >= 15 is 0 Å². The van der Waals surface area contributed by atoms with E-state index in [1.807, 2.05) is 27.2 Å². The van der Waals surface area contributed by atoms with Gasteiger partial charge in [0.15, 0.2) is 0 Å². The summed E-state index contributed by atoms with van der Waals surface area (Å²) >= 11 is 0. The lowest BCUT2D eigenvalue weighted by Crippen LogP contribution is -2.45. The van der Waals surface area contributed by atoms with Crippen LogP contribution in [0.2, 0.25) is 0 Å². The Balaban J connectivity index is 4.18. The van der Waals surface area contributed by atoms with E-state index in [9.17, 15) is 19.4 Å². The van der Waals surface area contributed by atoms with E-state index in [0.717, 1.165) is 44.9 Å². The van der Waals surface area contributed by atoms with Gasteiger partial charge in [0, 0.05) is 6.42 Å². The second-order valence-electron chi connectivity index (χ2n) is 23.1. The number of hydrogen-bond donors (Lipinski definition) is 2. The molecular formula is C64H125N2O6P. The van der Waals surface area contributed by atoms with Gasteiger partial charge in [0.1, 0.15) is 13.2 Å². The van der Waals surface area contributed by atoms with E-state index in [2.05, 4.69) is 43.5 Å². The van der Waals surface area contributed by atoms with Gasteiger partial charge in [0.2, 0.25) is 5.91 Å². The van der Waals surface area contributed by atoms with E-state index in [-0.39, 0.29) is 12.5 Å². The molecule has 73 heavy (non-hydrogen) atoms. The van der Waals surface area contributed by atoms with Crippen LogP contribution in [0.5, 0.6) is 0 Å². The number of aliphatic hydroxyl groups is 1. The summed E-state index contributed by atoms with van der Waals surface area (Å²) in [5.74, 6) is -0.205. The number of phosphoric ester groups is 1. The lowest BCUT2D eigenvalue weighted by molar-refractivity contribution is -0.870. The highest BCUT2D eigenvalue weighted by atomic mass is 31.2. The quantitative estimate of drug-likeness (QED) is 0.0272. The standard InChI is InChI=1S/C64H125N2O6P/c1-6-8-10-12-14-16-18-20-22-24-26-28-29-30-31-32-33-34-35-36-38-39-41-43-45-47-49-51-53-55-57-63(67)62(61-72-73(69,70)71-60-59-66(3,4)5)65-64(68)58-56-54-52-50-48-46-44-42-40-37-27-25-23-21-19-17-15-13-11-9-7-2/h39,41,47,49,55,57,62-63,67H,6-38,40,42-46,48,50-54,56,58-61H2,1-5H3,(H-,65,68,69,70)/b41-39+,49-47+,57-55+. The molecule has 9 heteroatoms. The number of allylic oxidation sites excluding steroid dienone is 5. The smallest absolute Gasteiger partial charge is 0.268 e. The van der Waals surface area contributed by atoms with E-state index in [4.69, 9.17) is 9.05 Å². The Bertz CT molecular complexity index is 1280. The third kappa shape index (κ3) is 58.2. The van der Waals surface area contributed by atoms with Gasteiger partial charge in [-0.1, -0.05) is 301 Å². The molecule has 0 radical (unpaired) electrons. The van der Waals surface area contributed by atoms with Crippen molar-refractivity contribution in [3.8, 4) is 0 Å². The summed E-state index contributed by atoms with van der Waals surface area (Å²) in [5, 5.41) is 13.9. The number of quaternary nitrogens is 1. The number of aliphatic hydroxyl groups excluding tert-OH is 1. The number of nitrogens with zero attached hydrogens (tertiary/aromatic N) is 1. The van der Waals surface area contributed by atoms with Gasteiger partial charge >= 0.3 is 0 Å². The number of phosphoric acid groups is 1. The van der Waals surface area contributed by atoms with Gasteiger partial charge in [0.05, 0.1) is 39.9 Å². The maximum absolute atomic E-state index is 13.0. The number of unbranched alkanes of at least 4 members (excludes halogenated alkanes) is 42. The summed E-state index contributed by atoms with van der Waals surface area (Å²) < 4.78 is 23.4. The maximum atomic E-state index is 13.0. The van der Waals surface area contributed by atoms with Gasteiger partial charge in [-0.25, -0.2) is 0 Å². The summed E-state index contributed by atoms with van der Waals surface area (Å²) in [5.41, 5.74) is 0. The molecule has 1 amide bonds. The summed E-state index contributed by atoms with van der Waals surface area (Å²) in [7, 11) is 1.25. The van der Waals surface area contributed by atoms with Gasteiger partial charge in [-0.15, -0.1) is 0 Å². The van der Waals surface area contributed by atoms with Crippen LogP contribution < -0.4 is 10.2 Å². The number of rotatable bonds is 59. The first-order valence-electron chi connectivity index (χ1n) is 31.9. The first-order valence-corrected chi connectivity index (χ1v) is 33.3. The number of likely N-dealkylation sites (N-methyl/N-ethyl adjacent to an activating group) is 1. The number of carbonyl (C=O) groups is 1. The molecule has 0 aliphatic rings. The van der Waals surface area contributed by atoms with Crippen molar-refractivity contribution in [3.63, 3.8) is 0 Å². The Labute approximate surface area is 455 Å². The molecule has 3 atom stereocenters. The summed E-state index contributed by atoms with van der Waals surface area (Å²) in [6.45, 7) is 4.67. The summed E-state index contributed by atoms with van der Waals surface area (Å²) in [6, 6.07) is -0.908. The molecule has 0 aliphatic carbocycles. The molecule has 0 rings (SSSR count). The van der Waals surface area contributed by atoms with Crippen molar-refractivity contribution in [1.82, 2.24) is 5.32 Å². The van der Waals surface area contributed by atoms with Crippen LogP contribution in [0.3, 0.4) is 0 Å². The largest absolute Gasteiger partial charge is 0.756 e. The Morgan fingerprint density at radius 1 is 0.466 bits per heavy atom. The minimum Gasteiger partial charge on any atom is -0.756 e. The van der Waals surface area contributed by atoms with E-state index < -0.39 is 26.6 Å². The van der Waals surface area contributed by atoms with Crippen LogP contribution in [0.25, 0.3) is 0 Å². The Hall–Kier alpha value is -1.28. The molecule has 0 aromatic heterocycles. The minimum absolute atomic E-state index is 0.00723. The Morgan fingerprint density at radius 3 is 1.11 bits per heavy atom. The number of amides is 1. The first kappa shape index (κ1) is 71.7. The highest BCUT2D eigenvalue weighted by molar-refractivity contribution is 7.45. The highest BCUT2D eigenvalue weighted by Crippen LogP contribution is 2.38. The molecule has 0 aromatic carbocycles. The average molecular weight is 1050 g/mol. The van der Waals surface area contributed by atoms with Crippen LogP contribution in [-0.2, 0) is 18.4 Å². The molecule has 8 nitrogen and oxygen atoms in total. The Kier molecular flexibility index (Phi) is 54.5. The third-order valence-electron chi connectivity index (χ3n) is 14.6. The van der Waals surface area contributed by atoms with E-state index in [0.29, 0.717) is 17.4 Å². The molecule has 0 saturated carbocycles. The van der Waals surface area contributed by atoms with Crippen molar-refractivity contribution in [2.75, 3.05) is 40.9 Å². The lowest BCUT2D eigenvalue weighted by Gasteiger charge is -2.29. The van der Waals surface area contributed by atoms with E-state index in [1.54, 1.807) is 6.08 Å². The second kappa shape index (κ2) is 55.5. The molecule has 0 heterocycles. The molecule has 0 bridgehead atoms. The van der Waals surface area contributed by atoms with Gasteiger partial charge in [-0.05, 0) is 44.9 Å². The zero-order valence-electron chi connectivity index (χ0n) is 49.4. The van der Waals surface area contributed by atoms with Crippen molar-refractivity contribution in [2.24, 2.45) is 0 Å². The number of nitrogens with one attached hydrogen (secondary N) is 1. The van der Waals surface area contributed by atoms with Gasteiger partial charge in [-0.2, -0.15) is 0 Å². The van der Waals surface area contributed by atoms with Crippen molar-refractivity contribution < 1.29 is 32.9 Å². The normalized spacial score (nSPS) is 14.0. The fourth-order valence-corrected chi connectivity index (χ4v) is 10.3. The molecule has 0 spiro atoms.